The molecule has 0 bridgehead atoms. The van der Waals surface area contributed by atoms with Crippen LogP contribution in [0, 0.1) is 19.3 Å². The summed E-state index contributed by atoms with van der Waals surface area (Å²) in [5.41, 5.74) is 2.13. The van der Waals surface area contributed by atoms with E-state index in [-0.39, 0.29) is 19.0 Å². The lowest BCUT2D eigenvalue weighted by atomic mass is 9.96. The summed E-state index contributed by atoms with van der Waals surface area (Å²) in [4.78, 5) is 11.9. The molecule has 1 aromatic rings. The zero-order valence-corrected chi connectivity index (χ0v) is 15.0. The molecule has 1 N–H and O–H groups in total. The number of hydrogen-bond donors (Lipinski definition) is 1. The van der Waals surface area contributed by atoms with E-state index in [1.54, 1.807) is 6.07 Å². The van der Waals surface area contributed by atoms with Crippen molar-refractivity contribution in [2.45, 2.75) is 34.6 Å². The SMILES string of the molecule is Cc1cccc(N(CCNC(=O)C(C)(C)C)S(C)(=O)=O)c1C. The fourth-order valence-electron chi connectivity index (χ4n) is 2.01. The Balaban J connectivity index is 2.93. The number of aryl methyl sites for hydroxylation is 1. The number of carbonyl (C=O) groups excluding carboxylic acids is 1. The molecule has 1 aromatic carbocycles. The van der Waals surface area contributed by atoms with Gasteiger partial charge in [0.2, 0.25) is 15.9 Å². The Morgan fingerprint density at radius 2 is 1.82 bits per heavy atom. The van der Waals surface area contributed by atoms with Crippen LogP contribution in [-0.4, -0.2) is 33.7 Å². The van der Waals surface area contributed by atoms with Gasteiger partial charge in [-0.05, 0) is 31.0 Å². The minimum atomic E-state index is -3.41. The van der Waals surface area contributed by atoms with E-state index in [1.807, 2.05) is 46.8 Å². The highest BCUT2D eigenvalue weighted by Crippen LogP contribution is 2.24. The fourth-order valence-corrected chi connectivity index (χ4v) is 2.98. The van der Waals surface area contributed by atoms with E-state index < -0.39 is 15.4 Å². The van der Waals surface area contributed by atoms with Crippen molar-refractivity contribution < 1.29 is 13.2 Å². The van der Waals surface area contributed by atoms with Crippen molar-refractivity contribution in [2.75, 3.05) is 23.7 Å². The van der Waals surface area contributed by atoms with E-state index in [2.05, 4.69) is 5.32 Å². The first kappa shape index (κ1) is 18.5. The third-order valence-corrected chi connectivity index (χ3v) is 4.71. The summed E-state index contributed by atoms with van der Waals surface area (Å²) in [5, 5.41) is 2.78. The molecule has 0 aliphatic rings. The lowest BCUT2D eigenvalue weighted by Crippen LogP contribution is -2.42. The van der Waals surface area contributed by atoms with E-state index in [1.165, 1.54) is 10.6 Å². The molecular formula is C16H26N2O3S. The van der Waals surface area contributed by atoms with Gasteiger partial charge in [-0.25, -0.2) is 8.42 Å². The molecule has 0 unspecified atom stereocenters. The summed E-state index contributed by atoms with van der Waals surface area (Å²) in [6.45, 7) is 9.79. The summed E-state index contributed by atoms with van der Waals surface area (Å²) in [6, 6.07) is 5.57. The van der Waals surface area contributed by atoms with Gasteiger partial charge < -0.3 is 5.32 Å². The summed E-state index contributed by atoms with van der Waals surface area (Å²) in [7, 11) is -3.41. The molecule has 1 amide bonds. The van der Waals surface area contributed by atoms with Gasteiger partial charge in [-0.1, -0.05) is 32.9 Å². The second-order valence-corrected chi connectivity index (χ2v) is 8.47. The Hall–Kier alpha value is -1.56. The van der Waals surface area contributed by atoms with Crippen LogP contribution in [0.15, 0.2) is 18.2 Å². The fraction of sp³-hybridized carbons (Fsp3) is 0.562. The van der Waals surface area contributed by atoms with Crippen LogP contribution in [0.2, 0.25) is 0 Å². The molecule has 6 heteroatoms. The summed E-state index contributed by atoms with van der Waals surface area (Å²) in [5.74, 6) is -0.0954. The molecule has 0 saturated carbocycles. The van der Waals surface area contributed by atoms with Crippen LogP contribution in [0.4, 0.5) is 5.69 Å². The van der Waals surface area contributed by atoms with Gasteiger partial charge in [-0.15, -0.1) is 0 Å². The number of hydrogen-bond acceptors (Lipinski definition) is 3. The second-order valence-electron chi connectivity index (χ2n) is 6.56. The van der Waals surface area contributed by atoms with Crippen molar-refractivity contribution in [3.63, 3.8) is 0 Å². The molecule has 0 atom stereocenters. The standard InChI is InChI=1S/C16H26N2O3S/c1-12-8-7-9-14(13(12)2)18(22(6,20)21)11-10-17-15(19)16(3,4)5/h7-9H,10-11H2,1-6H3,(H,17,19). The topological polar surface area (TPSA) is 66.5 Å². The Morgan fingerprint density at radius 1 is 1.23 bits per heavy atom. The average molecular weight is 326 g/mol. The maximum absolute atomic E-state index is 12.1. The van der Waals surface area contributed by atoms with Crippen LogP contribution >= 0.6 is 0 Å². The molecule has 22 heavy (non-hydrogen) atoms. The zero-order chi connectivity index (χ0) is 17.1. The number of sulfonamides is 1. The molecule has 1 rings (SSSR count). The highest BCUT2D eigenvalue weighted by molar-refractivity contribution is 7.92. The van der Waals surface area contributed by atoms with Crippen LogP contribution in [0.3, 0.4) is 0 Å². The number of rotatable bonds is 5. The van der Waals surface area contributed by atoms with Crippen LogP contribution < -0.4 is 9.62 Å². The third kappa shape index (κ3) is 4.73. The number of anilines is 1. The lowest BCUT2D eigenvalue weighted by molar-refractivity contribution is -0.128. The highest BCUT2D eigenvalue weighted by atomic mass is 32.2. The predicted octanol–water partition coefficient (Wildman–Crippen LogP) is 2.23. The average Bonchev–Trinajstić information content (AvgIpc) is 2.36. The first-order valence-electron chi connectivity index (χ1n) is 7.27. The van der Waals surface area contributed by atoms with Crippen molar-refractivity contribution in [1.29, 1.82) is 0 Å². The van der Waals surface area contributed by atoms with Crippen molar-refractivity contribution in [1.82, 2.24) is 5.32 Å². The van der Waals surface area contributed by atoms with Crippen molar-refractivity contribution >= 4 is 21.6 Å². The normalized spacial score (nSPS) is 12.1. The predicted molar refractivity (Wildman–Crippen MR) is 90.6 cm³/mol. The maximum atomic E-state index is 12.1. The van der Waals surface area contributed by atoms with Gasteiger partial charge >= 0.3 is 0 Å². The molecule has 0 saturated heterocycles. The number of carbonyl (C=O) groups is 1. The van der Waals surface area contributed by atoms with Crippen molar-refractivity contribution in [3.8, 4) is 0 Å². The van der Waals surface area contributed by atoms with E-state index >= 15 is 0 Å². The Morgan fingerprint density at radius 3 is 2.32 bits per heavy atom. The van der Waals surface area contributed by atoms with E-state index in [4.69, 9.17) is 0 Å². The molecule has 124 valence electrons. The Labute approximate surface area is 133 Å². The van der Waals surface area contributed by atoms with Gasteiger partial charge in [0.15, 0.2) is 0 Å². The molecule has 0 heterocycles. The molecule has 0 aliphatic carbocycles. The number of amides is 1. The minimum absolute atomic E-state index is 0.0954. The Kier molecular flexibility index (Phi) is 5.62. The van der Waals surface area contributed by atoms with Gasteiger partial charge in [-0.3, -0.25) is 9.10 Å². The Bertz CT molecular complexity index is 646. The van der Waals surface area contributed by atoms with Crippen LogP contribution in [0.5, 0.6) is 0 Å². The lowest BCUT2D eigenvalue weighted by Gasteiger charge is -2.26. The third-order valence-electron chi connectivity index (χ3n) is 3.53. The van der Waals surface area contributed by atoms with E-state index in [0.29, 0.717) is 5.69 Å². The summed E-state index contributed by atoms with van der Waals surface area (Å²) in [6.07, 6.45) is 1.18. The maximum Gasteiger partial charge on any atom is 0.232 e. The van der Waals surface area contributed by atoms with Gasteiger partial charge in [0.1, 0.15) is 0 Å². The smallest absolute Gasteiger partial charge is 0.232 e. The van der Waals surface area contributed by atoms with Crippen molar-refractivity contribution in [3.05, 3.63) is 29.3 Å². The van der Waals surface area contributed by atoms with E-state index in [0.717, 1.165) is 11.1 Å². The van der Waals surface area contributed by atoms with Gasteiger partial charge in [0, 0.05) is 12.0 Å². The number of benzene rings is 1. The van der Waals surface area contributed by atoms with Crippen LogP contribution in [0.25, 0.3) is 0 Å². The first-order valence-corrected chi connectivity index (χ1v) is 9.11. The van der Waals surface area contributed by atoms with Crippen molar-refractivity contribution in [2.24, 2.45) is 5.41 Å². The van der Waals surface area contributed by atoms with Crippen LogP contribution in [-0.2, 0) is 14.8 Å². The largest absolute Gasteiger partial charge is 0.354 e. The molecule has 0 radical (unpaired) electrons. The molecule has 0 spiro atoms. The quantitative estimate of drug-likeness (QED) is 0.902. The second kappa shape index (κ2) is 6.69. The first-order chi connectivity index (χ1) is 9.94. The monoisotopic (exact) mass is 326 g/mol. The molecular weight excluding hydrogens is 300 g/mol. The van der Waals surface area contributed by atoms with Gasteiger partial charge in [0.05, 0.1) is 18.5 Å². The molecule has 5 nitrogen and oxygen atoms in total. The molecule has 0 aromatic heterocycles. The highest BCUT2D eigenvalue weighted by Gasteiger charge is 2.23. The zero-order valence-electron chi connectivity index (χ0n) is 14.2. The van der Waals surface area contributed by atoms with Crippen LogP contribution in [0.1, 0.15) is 31.9 Å². The minimum Gasteiger partial charge on any atom is -0.354 e. The summed E-state index contributed by atoms with van der Waals surface area (Å²) >= 11 is 0. The molecule has 0 aliphatic heterocycles. The number of nitrogens with one attached hydrogen (secondary N) is 1. The van der Waals surface area contributed by atoms with Gasteiger partial charge in [-0.2, -0.15) is 0 Å². The van der Waals surface area contributed by atoms with E-state index in [9.17, 15) is 13.2 Å². The number of nitrogens with zero attached hydrogens (tertiary/aromatic N) is 1. The molecule has 0 fully saturated rings. The summed E-state index contributed by atoms with van der Waals surface area (Å²) < 4.78 is 25.5. The van der Waals surface area contributed by atoms with Gasteiger partial charge in [0.25, 0.3) is 0 Å².